The number of hydrogen-bond donors (Lipinski definition) is 2. The highest BCUT2D eigenvalue weighted by molar-refractivity contribution is 5.93. The van der Waals surface area contributed by atoms with Crippen LogP contribution in [0.25, 0.3) is 0 Å². The largest absolute Gasteiger partial charge is 0.368 e. The molecular formula is C17H18FN5O2. The summed E-state index contributed by atoms with van der Waals surface area (Å²) in [4.78, 5) is 33.9. The fourth-order valence-corrected chi connectivity index (χ4v) is 2.80. The van der Waals surface area contributed by atoms with Gasteiger partial charge in [-0.15, -0.1) is 0 Å². The fourth-order valence-electron chi connectivity index (χ4n) is 2.80. The first-order chi connectivity index (χ1) is 11.9. The lowest BCUT2D eigenvalue weighted by Crippen LogP contribution is -2.37. The van der Waals surface area contributed by atoms with Crippen molar-refractivity contribution in [2.45, 2.75) is 25.9 Å². The summed E-state index contributed by atoms with van der Waals surface area (Å²) in [6, 6.07) is 7.23. The molecule has 0 bridgehead atoms. The van der Waals surface area contributed by atoms with Crippen LogP contribution in [0, 0.1) is 12.7 Å². The highest BCUT2D eigenvalue weighted by Gasteiger charge is 2.31. The molecule has 0 radical (unpaired) electrons. The van der Waals surface area contributed by atoms with Gasteiger partial charge in [0.05, 0.1) is 6.04 Å². The number of benzene rings is 1. The van der Waals surface area contributed by atoms with Crippen molar-refractivity contribution in [2.75, 3.05) is 12.3 Å². The van der Waals surface area contributed by atoms with E-state index in [1.807, 2.05) is 0 Å². The zero-order chi connectivity index (χ0) is 18.0. The van der Waals surface area contributed by atoms with Crippen molar-refractivity contribution in [1.29, 1.82) is 0 Å². The number of aromatic nitrogens is 2. The van der Waals surface area contributed by atoms with Crippen LogP contribution in [0.1, 0.15) is 28.2 Å². The summed E-state index contributed by atoms with van der Waals surface area (Å²) in [5.41, 5.74) is 7.16. The van der Waals surface area contributed by atoms with Gasteiger partial charge in [0, 0.05) is 25.2 Å². The number of nitrogen functional groups attached to an aromatic ring is 1. The van der Waals surface area contributed by atoms with Gasteiger partial charge in [-0.2, -0.15) is 0 Å². The van der Waals surface area contributed by atoms with Crippen molar-refractivity contribution in [3.05, 3.63) is 53.1 Å². The molecule has 0 spiro atoms. The van der Waals surface area contributed by atoms with Gasteiger partial charge < -0.3 is 16.0 Å². The number of nitrogens with two attached hydrogens (primary N) is 1. The molecule has 1 unspecified atom stereocenters. The highest BCUT2D eigenvalue weighted by Crippen LogP contribution is 2.16. The summed E-state index contributed by atoms with van der Waals surface area (Å²) in [6.45, 7) is 2.49. The minimum Gasteiger partial charge on any atom is -0.368 e. The van der Waals surface area contributed by atoms with Crippen molar-refractivity contribution in [3.8, 4) is 0 Å². The lowest BCUT2D eigenvalue weighted by atomic mass is 10.2. The number of halogens is 1. The molecule has 1 aromatic heterocycles. The topological polar surface area (TPSA) is 101 Å². The maximum Gasteiger partial charge on any atom is 0.270 e. The van der Waals surface area contributed by atoms with Gasteiger partial charge in [0.25, 0.3) is 5.91 Å². The van der Waals surface area contributed by atoms with Crippen molar-refractivity contribution in [1.82, 2.24) is 20.2 Å². The SMILES string of the molecule is Cc1cc(C(=O)NC2CC(=O)N(Cc3ccc(F)cc3)C2)nc(N)n1. The van der Waals surface area contributed by atoms with Crippen molar-refractivity contribution in [2.24, 2.45) is 0 Å². The van der Waals surface area contributed by atoms with Crippen LogP contribution in [0.5, 0.6) is 0 Å². The van der Waals surface area contributed by atoms with Crippen LogP contribution in [-0.4, -0.2) is 39.3 Å². The Balaban J connectivity index is 1.62. The van der Waals surface area contributed by atoms with Crippen LogP contribution in [0.4, 0.5) is 10.3 Å². The Bertz CT molecular complexity index is 789. The van der Waals surface area contributed by atoms with Crippen LogP contribution in [-0.2, 0) is 11.3 Å². The molecule has 0 aliphatic carbocycles. The van der Waals surface area contributed by atoms with E-state index in [2.05, 4.69) is 15.3 Å². The Morgan fingerprint density at radius 2 is 2.08 bits per heavy atom. The second-order valence-corrected chi connectivity index (χ2v) is 6.03. The van der Waals surface area contributed by atoms with Crippen molar-refractivity contribution in [3.63, 3.8) is 0 Å². The summed E-state index contributed by atoms with van der Waals surface area (Å²) in [6.07, 6.45) is 0.215. The third kappa shape index (κ3) is 4.09. The highest BCUT2D eigenvalue weighted by atomic mass is 19.1. The molecule has 1 aliphatic rings. The molecule has 1 fully saturated rings. The second kappa shape index (κ2) is 6.84. The Kier molecular flexibility index (Phi) is 4.60. The zero-order valence-electron chi connectivity index (χ0n) is 13.7. The van der Waals surface area contributed by atoms with E-state index in [1.54, 1.807) is 30.0 Å². The summed E-state index contributed by atoms with van der Waals surface area (Å²) in [5.74, 6) is -0.738. The van der Waals surface area contributed by atoms with E-state index in [0.29, 0.717) is 18.8 Å². The first-order valence-corrected chi connectivity index (χ1v) is 7.85. The molecule has 25 heavy (non-hydrogen) atoms. The van der Waals surface area contributed by atoms with E-state index in [4.69, 9.17) is 5.73 Å². The molecule has 1 aromatic carbocycles. The number of carbonyl (C=O) groups excluding carboxylic acids is 2. The van der Waals surface area contributed by atoms with Gasteiger partial charge in [-0.05, 0) is 30.7 Å². The van der Waals surface area contributed by atoms with Crippen LogP contribution >= 0.6 is 0 Å². The van der Waals surface area contributed by atoms with Gasteiger partial charge in [0.15, 0.2) is 0 Å². The monoisotopic (exact) mass is 343 g/mol. The predicted octanol–water partition coefficient (Wildman–Crippen LogP) is 1.04. The Morgan fingerprint density at radius 1 is 1.36 bits per heavy atom. The number of carbonyl (C=O) groups is 2. The van der Waals surface area contributed by atoms with E-state index in [-0.39, 0.29) is 35.8 Å². The summed E-state index contributed by atoms with van der Waals surface area (Å²) >= 11 is 0. The molecule has 3 rings (SSSR count). The van der Waals surface area contributed by atoms with Gasteiger partial charge in [-0.1, -0.05) is 12.1 Å². The van der Waals surface area contributed by atoms with Gasteiger partial charge in [0.1, 0.15) is 11.5 Å². The first-order valence-electron chi connectivity index (χ1n) is 7.85. The van der Waals surface area contributed by atoms with Crippen molar-refractivity contribution < 1.29 is 14.0 Å². The molecule has 8 heteroatoms. The standard InChI is InChI=1S/C17H18FN5O2/c1-10-6-14(22-17(19)20-10)16(25)21-13-7-15(24)23(9-13)8-11-2-4-12(18)5-3-11/h2-6,13H,7-9H2,1H3,(H,21,25)(H2,19,20,22). The molecule has 2 heterocycles. The predicted molar refractivity (Wildman–Crippen MR) is 88.9 cm³/mol. The maximum absolute atomic E-state index is 13.0. The average molecular weight is 343 g/mol. The summed E-state index contributed by atoms with van der Waals surface area (Å²) in [7, 11) is 0. The number of nitrogens with zero attached hydrogens (tertiary/aromatic N) is 3. The average Bonchev–Trinajstić information content (AvgIpc) is 2.88. The molecule has 1 atom stereocenters. The van der Waals surface area contributed by atoms with E-state index in [0.717, 1.165) is 5.56 Å². The Labute approximate surface area is 144 Å². The number of anilines is 1. The number of amides is 2. The van der Waals surface area contributed by atoms with Crippen LogP contribution in [0.15, 0.2) is 30.3 Å². The van der Waals surface area contributed by atoms with Gasteiger partial charge in [-0.25, -0.2) is 14.4 Å². The molecule has 130 valence electrons. The Hall–Kier alpha value is -3.03. The van der Waals surface area contributed by atoms with E-state index in [9.17, 15) is 14.0 Å². The molecular weight excluding hydrogens is 325 g/mol. The minimum absolute atomic E-state index is 0.0329. The first kappa shape index (κ1) is 16.8. The number of nitrogens with one attached hydrogen (secondary N) is 1. The van der Waals surface area contributed by atoms with Gasteiger partial charge in [-0.3, -0.25) is 9.59 Å². The molecule has 2 amide bonds. The van der Waals surface area contributed by atoms with E-state index in [1.165, 1.54) is 12.1 Å². The van der Waals surface area contributed by atoms with E-state index < -0.39 is 5.91 Å². The van der Waals surface area contributed by atoms with Gasteiger partial charge >= 0.3 is 0 Å². The fraction of sp³-hybridized carbons (Fsp3) is 0.294. The molecule has 7 nitrogen and oxygen atoms in total. The molecule has 2 aromatic rings. The van der Waals surface area contributed by atoms with Crippen LogP contribution in [0.3, 0.4) is 0 Å². The van der Waals surface area contributed by atoms with E-state index >= 15 is 0 Å². The second-order valence-electron chi connectivity index (χ2n) is 6.03. The summed E-state index contributed by atoms with van der Waals surface area (Å²) in [5, 5.41) is 2.80. The normalized spacial score (nSPS) is 17.0. The van der Waals surface area contributed by atoms with Gasteiger partial charge in [0.2, 0.25) is 11.9 Å². The van der Waals surface area contributed by atoms with Crippen LogP contribution < -0.4 is 11.1 Å². The molecule has 1 aliphatic heterocycles. The molecule has 0 saturated carbocycles. The minimum atomic E-state index is -0.390. The third-order valence-electron chi connectivity index (χ3n) is 3.94. The molecule has 1 saturated heterocycles. The zero-order valence-corrected chi connectivity index (χ0v) is 13.7. The number of rotatable bonds is 4. The number of likely N-dealkylation sites (tertiary alicyclic amines) is 1. The quantitative estimate of drug-likeness (QED) is 0.864. The number of hydrogen-bond acceptors (Lipinski definition) is 5. The lowest BCUT2D eigenvalue weighted by molar-refractivity contribution is -0.128. The third-order valence-corrected chi connectivity index (χ3v) is 3.94. The Morgan fingerprint density at radius 3 is 2.76 bits per heavy atom. The smallest absolute Gasteiger partial charge is 0.270 e. The lowest BCUT2D eigenvalue weighted by Gasteiger charge is -2.17. The molecule has 3 N–H and O–H groups in total. The van der Waals surface area contributed by atoms with Crippen LogP contribution in [0.2, 0.25) is 0 Å². The van der Waals surface area contributed by atoms with Crippen molar-refractivity contribution >= 4 is 17.8 Å². The summed E-state index contributed by atoms with van der Waals surface area (Å²) < 4.78 is 13.0. The maximum atomic E-state index is 13.0. The number of aryl methyl sites for hydroxylation is 1.